The van der Waals surface area contributed by atoms with Gasteiger partial charge in [0, 0.05) is 26.7 Å². The van der Waals surface area contributed by atoms with Gasteiger partial charge < -0.3 is 24.8 Å². The average molecular weight is 304 g/mol. The third-order valence-corrected chi connectivity index (χ3v) is 2.61. The van der Waals surface area contributed by atoms with Crippen LogP contribution in [0.4, 0.5) is 4.79 Å². The molecule has 2 N–H and O–H groups in total. The number of carbonyl (C=O) groups is 3. The lowest BCUT2D eigenvalue weighted by Crippen LogP contribution is -2.50. The largest absolute Gasteiger partial charge is 0.480 e. The molecule has 2 amide bonds. The Labute approximate surface area is 124 Å². The van der Waals surface area contributed by atoms with E-state index in [0.29, 0.717) is 13.0 Å². The number of amides is 2. The lowest BCUT2D eigenvalue weighted by Gasteiger charge is -2.24. The van der Waals surface area contributed by atoms with E-state index in [2.05, 4.69) is 5.32 Å². The topological polar surface area (TPSA) is 105 Å². The Kier molecular flexibility index (Phi) is 9.95. The summed E-state index contributed by atoms with van der Waals surface area (Å²) >= 11 is 0. The summed E-state index contributed by atoms with van der Waals surface area (Å²) in [4.78, 5) is 35.8. The fraction of sp³-hybridized carbons (Fsp3) is 0.769. The molecule has 0 aromatic carbocycles. The number of carbonyl (C=O) groups excluding carboxylic acids is 2. The van der Waals surface area contributed by atoms with E-state index in [0.717, 1.165) is 0 Å². The SMILES string of the molecule is CCCN(CC(=O)OCC)C(=O)NC(CCOC)C(=O)O. The molecule has 0 aromatic rings. The fourth-order valence-electron chi connectivity index (χ4n) is 1.62. The van der Waals surface area contributed by atoms with Gasteiger partial charge in [0.15, 0.2) is 0 Å². The molecule has 1 atom stereocenters. The number of rotatable bonds is 10. The van der Waals surface area contributed by atoms with Gasteiger partial charge in [-0.15, -0.1) is 0 Å². The van der Waals surface area contributed by atoms with Crippen LogP contribution in [0.2, 0.25) is 0 Å². The molecule has 0 saturated heterocycles. The van der Waals surface area contributed by atoms with Gasteiger partial charge in [-0.3, -0.25) is 4.79 Å². The number of ether oxygens (including phenoxy) is 2. The number of nitrogens with one attached hydrogen (secondary N) is 1. The molecule has 21 heavy (non-hydrogen) atoms. The second kappa shape index (κ2) is 10.9. The van der Waals surface area contributed by atoms with Crippen LogP contribution in [-0.4, -0.2) is 67.4 Å². The van der Waals surface area contributed by atoms with Gasteiger partial charge in [0.2, 0.25) is 0 Å². The number of esters is 1. The van der Waals surface area contributed by atoms with Crippen molar-refractivity contribution in [3.05, 3.63) is 0 Å². The van der Waals surface area contributed by atoms with Gasteiger partial charge in [0.25, 0.3) is 0 Å². The van der Waals surface area contributed by atoms with E-state index in [9.17, 15) is 14.4 Å². The minimum Gasteiger partial charge on any atom is -0.480 e. The molecule has 0 aliphatic carbocycles. The summed E-state index contributed by atoms with van der Waals surface area (Å²) in [6, 6.07) is -1.66. The van der Waals surface area contributed by atoms with E-state index < -0.39 is 24.0 Å². The first kappa shape index (κ1) is 19.2. The third-order valence-electron chi connectivity index (χ3n) is 2.61. The van der Waals surface area contributed by atoms with E-state index in [4.69, 9.17) is 14.6 Å². The Balaban J connectivity index is 4.62. The van der Waals surface area contributed by atoms with Crippen molar-refractivity contribution in [3.8, 4) is 0 Å². The summed E-state index contributed by atoms with van der Waals surface area (Å²) in [5, 5.41) is 11.4. The number of methoxy groups -OCH3 is 1. The molecule has 0 aliphatic rings. The van der Waals surface area contributed by atoms with E-state index in [1.165, 1.54) is 12.0 Å². The standard InChI is InChI=1S/C13H24N2O6/c1-4-7-15(9-11(16)21-5-2)13(19)14-10(12(17)18)6-8-20-3/h10H,4-9H2,1-3H3,(H,14,19)(H,17,18). The van der Waals surface area contributed by atoms with Crippen LogP contribution < -0.4 is 5.32 Å². The minimum absolute atomic E-state index is 0.150. The van der Waals surface area contributed by atoms with Crippen LogP contribution >= 0.6 is 0 Å². The maximum atomic E-state index is 12.1. The Hall–Kier alpha value is -1.83. The molecule has 8 nitrogen and oxygen atoms in total. The highest BCUT2D eigenvalue weighted by Gasteiger charge is 2.24. The second-order valence-electron chi connectivity index (χ2n) is 4.35. The van der Waals surface area contributed by atoms with Crippen molar-refractivity contribution in [2.45, 2.75) is 32.7 Å². The smallest absolute Gasteiger partial charge is 0.326 e. The Morgan fingerprint density at radius 3 is 2.43 bits per heavy atom. The summed E-state index contributed by atoms with van der Waals surface area (Å²) in [6.45, 7) is 4.10. The summed E-state index contributed by atoms with van der Waals surface area (Å²) in [5.74, 6) is -1.67. The van der Waals surface area contributed by atoms with Crippen LogP contribution in [-0.2, 0) is 19.1 Å². The first-order valence-electron chi connectivity index (χ1n) is 6.89. The van der Waals surface area contributed by atoms with Gasteiger partial charge in [-0.2, -0.15) is 0 Å². The number of urea groups is 1. The van der Waals surface area contributed by atoms with Crippen LogP contribution in [0.3, 0.4) is 0 Å². The van der Waals surface area contributed by atoms with Gasteiger partial charge in [-0.25, -0.2) is 9.59 Å². The molecule has 0 aromatic heterocycles. The minimum atomic E-state index is -1.15. The summed E-state index contributed by atoms with van der Waals surface area (Å²) in [6.07, 6.45) is 0.791. The molecule has 8 heteroatoms. The van der Waals surface area contributed by atoms with Gasteiger partial charge in [-0.05, 0) is 13.3 Å². The fourth-order valence-corrected chi connectivity index (χ4v) is 1.62. The number of aliphatic carboxylic acids is 1. The van der Waals surface area contributed by atoms with Gasteiger partial charge >= 0.3 is 18.0 Å². The monoisotopic (exact) mass is 304 g/mol. The van der Waals surface area contributed by atoms with Crippen molar-refractivity contribution < 1.29 is 29.0 Å². The first-order chi connectivity index (χ1) is 9.96. The number of nitrogens with zero attached hydrogens (tertiary/aromatic N) is 1. The molecule has 0 aliphatic heterocycles. The van der Waals surface area contributed by atoms with Crippen molar-refractivity contribution in [2.75, 3.05) is 33.4 Å². The van der Waals surface area contributed by atoms with E-state index in [-0.39, 0.29) is 26.2 Å². The highest BCUT2D eigenvalue weighted by molar-refractivity contribution is 5.85. The van der Waals surface area contributed by atoms with E-state index in [1.54, 1.807) is 6.92 Å². The van der Waals surface area contributed by atoms with Crippen molar-refractivity contribution in [2.24, 2.45) is 0 Å². The summed E-state index contributed by atoms with van der Waals surface area (Å²) < 4.78 is 9.60. The van der Waals surface area contributed by atoms with E-state index in [1.807, 2.05) is 6.92 Å². The molecule has 122 valence electrons. The predicted molar refractivity (Wildman–Crippen MR) is 74.9 cm³/mol. The first-order valence-corrected chi connectivity index (χ1v) is 6.89. The molecule has 0 spiro atoms. The molecule has 0 bridgehead atoms. The number of carboxylic acid groups (broad SMARTS) is 1. The number of carboxylic acids is 1. The van der Waals surface area contributed by atoms with E-state index >= 15 is 0 Å². The molecule has 0 radical (unpaired) electrons. The molecular formula is C13H24N2O6. The van der Waals surface area contributed by atoms with Crippen molar-refractivity contribution in [1.82, 2.24) is 10.2 Å². The maximum Gasteiger partial charge on any atom is 0.326 e. The lowest BCUT2D eigenvalue weighted by atomic mass is 10.2. The summed E-state index contributed by atoms with van der Waals surface area (Å²) in [7, 11) is 1.45. The highest BCUT2D eigenvalue weighted by Crippen LogP contribution is 1.99. The highest BCUT2D eigenvalue weighted by atomic mass is 16.5. The maximum absolute atomic E-state index is 12.1. The Morgan fingerprint density at radius 2 is 1.95 bits per heavy atom. The molecule has 0 saturated carbocycles. The zero-order chi connectivity index (χ0) is 16.3. The average Bonchev–Trinajstić information content (AvgIpc) is 2.42. The third kappa shape index (κ3) is 8.13. The van der Waals surface area contributed by atoms with Crippen LogP contribution in [0.15, 0.2) is 0 Å². The molecule has 0 fully saturated rings. The quantitative estimate of drug-likeness (QED) is 0.568. The normalized spacial score (nSPS) is 11.6. The van der Waals surface area contributed by atoms with Gasteiger partial charge in [-0.1, -0.05) is 6.92 Å². The van der Waals surface area contributed by atoms with Crippen LogP contribution in [0.25, 0.3) is 0 Å². The molecule has 0 rings (SSSR count). The van der Waals surface area contributed by atoms with Gasteiger partial charge in [0.1, 0.15) is 12.6 Å². The Bertz CT molecular complexity index is 348. The van der Waals surface area contributed by atoms with Gasteiger partial charge in [0.05, 0.1) is 6.61 Å². The van der Waals surface area contributed by atoms with Crippen molar-refractivity contribution in [3.63, 3.8) is 0 Å². The Morgan fingerprint density at radius 1 is 1.29 bits per heavy atom. The van der Waals surface area contributed by atoms with Crippen molar-refractivity contribution in [1.29, 1.82) is 0 Å². The number of hydrogen-bond donors (Lipinski definition) is 2. The van der Waals surface area contributed by atoms with Crippen LogP contribution in [0.5, 0.6) is 0 Å². The molecule has 0 heterocycles. The zero-order valence-corrected chi connectivity index (χ0v) is 12.8. The second-order valence-corrected chi connectivity index (χ2v) is 4.35. The van der Waals surface area contributed by atoms with Crippen LogP contribution in [0.1, 0.15) is 26.7 Å². The number of hydrogen-bond acceptors (Lipinski definition) is 5. The molecular weight excluding hydrogens is 280 g/mol. The molecule has 1 unspecified atom stereocenters. The predicted octanol–water partition coefficient (Wildman–Crippen LogP) is 0.461. The van der Waals surface area contributed by atoms with Crippen molar-refractivity contribution >= 4 is 18.0 Å². The van der Waals surface area contributed by atoms with Crippen LogP contribution in [0, 0.1) is 0 Å². The lowest BCUT2D eigenvalue weighted by molar-refractivity contribution is -0.143. The summed E-state index contributed by atoms with van der Waals surface area (Å²) in [5.41, 5.74) is 0. The zero-order valence-electron chi connectivity index (χ0n) is 12.8.